The summed E-state index contributed by atoms with van der Waals surface area (Å²) in [6.07, 6.45) is 0. The predicted molar refractivity (Wildman–Crippen MR) is 70.3 cm³/mol. The summed E-state index contributed by atoms with van der Waals surface area (Å²) >= 11 is 0. The predicted octanol–water partition coefficient (Wildman–Crippen LogP) is -0.403. The van der Waals surface area contributed by atoms with Crippen LogP contribution >= 0.6 is 0 Å². The second-order valence-electron chi connectivity index (χ2n) is 4.27. The molecule has 0 aliphatic carbocycles. The van der Waals surface area contributed by atoms with Gasteiger partial charge in [-0.25, -0.2) is 18.1 Å². The first-order valence-corrected chi connectivity index (χ1v) is 7.68. The number of hydrogen-bond donors (Lipinski definition) is 3. The van der Waals surface area contributed by atoms with Crippen molar-refractivity contribution in [3.05, 3.63) is 11.6 Å². The Labute approximate surface area is 112 Å². The first-order chi connectivity index (χ1) is 8.85. The summed E-state index contributed by atoms with van der Waals surface area (Å²) in [6, 6.07) is 0. The molecule has 3 N–H and O–H groups in total. The van der Waals surface area contributed by atoms with Gasteiger partial charge in [0.1, 0.15) is 5.82 Å². The van der Waals surface area contributed by atoms with Gasteiger partial charge in [-0.15, -0.1) is 5.10 Å². The number of aromatic amines is 1. The minimum atomic E-state index is -3.33. The molecule has 108 valence electrons. The van der Waals surface area contributed by atoms with E-state index in [2.05, 4.69) is 25.2 Å². The second kappa shape index (κ2) is 6.62. The average Bonchev–Trinajstić information content (AvgIpc) is 2.77. The molecule has 1 aromatic heterocycles. The standard InChI is InChI=1S/C10H19N5O3S/c1-4-12-19(17,18)6-5-11-10(16)9-13-8(7(2)3)14-15-9/h7,12H,4-6H2,1-3H3,(H,11,16)(H,13,14,15). The van der Waals surface area contributed by atoms with E-state index in [0.717, 1.165) is 0 Å². The van der Waals surface area contributed by atoms with Crippen molar-refractivity contribution in [1.82, 2.24) is 25.2 Å². The maximum absolute atomic E-state index is 11.7. The molecule has 0 aromatic carbocycles. The zero-order chi connectivity index (χ0) is 14.5. The number of nitrogens with zero attached hydrogens (tertiary/aromatic N) is 2. The number of nitrogens with one attached hydrogen (secondary N) is 3. The first kappa shape index (κ1) is 15.6. The molecular weight excluding hydrogens is 270 g/mol. The zero-order valence-corrected chi connectivity index (χ0v) is 12.0. The second-order valence-corrected chi connectivity index (χ2v) is 6.20. The van der Waals surface area contributed by atoms with Gasteiger partial charge >= 0.3 is 0 Å². The normalized spacial score (nSPS) is 11.8. The van der Waals surface area contributed by atoms with Crippen LogP contribution in [0.1, 0.15) is 43.1 Å². The van der Waals surface area contributed by atoms with Gasteiger partial charge in [-0.2, -0.15) is 0 Å². The molecule has 1 aromatic rings. The van der Waals surface area contributed by atoms with Gasteiger partial charge in [0.25, 0.3) is 5.91 Å². The maximum atomic E-state index is 11.7. The molecule has 0 radical (unpaired) electrons. The number of aromatic nitrogens is 3. The van der Waals surface area contributed by atoms with E-state index in [1.165, 1.54) is 0 Å². The quantitative estimate of drug-likeness (QED) is 0.631. The summed E-state index contributed by atoms with van der Waals surface area (Å²) in [5, 5.41) is 8.90. The van der Waals surface area contributed by atoms with Crippen LogP contribution in [-0.2, 0) is 10.0 Å². The molecule has 0 aliphatic heterocycles. The van der Waals surface area contributed by atoms with Crippen molar-refractivity contribution in [2.75, 3.05) is 18.8 Å². The van der Waals surface area contributed by atoms with Gasteiger partial charge in [0.15, 0.2) is 0 Å². The molecular formula is C10H19N5O3S. The summed E-state index contributed by atoms with van der Waals surface area (Å²) in [5.74, 6) is 0.113. The molecule has 0 fully saturated rings. The number of H-pyrrole nitrogens is 1. The average molecular weight is 289 g/mol. The van der Waals surface area contributed by atoms with Crippen molar-refractivity contribution in [2.24, 2.45) is 0 Å². The van der Waals surface area contributed by atoms with Gasteiger partial charge in [-0.05, 0) is 0 Å². The van der Waals surface area contributed by atoms with E-state index in [9.17, 15) is 13.2 Å². The highest BCUT2D eigenvalue weighted by molar-refractivity contribution is 7.89. The van der Waals surface area contributed by atoms with Crippen molar-refractivity contribution in [3.8, 4) is 0 Å². The highest BCUT2D eigenvalue weighted by Crippen LogP contribution is 2.07. The number of carbonyl (C=O) groups excluding carboxylic acids is 1. The van der Waals surface area contributed by atoms with Crippen molar-refractivity contribution >= 4 is 15.9 Å². The lowest BCUT2D eigenvalue weighted by molar-refractivity contribution is 0.0946. The molecule has 0 saturated carbocycles. The number of amides is 1. The zero-order valence-electron chi connectivity index (χ0n) is 11.2. The van der Waals surface area contributed by atoms with E-state index in [-0.39, 0.29) is 24.0 Å². The number of rotatable bonds is 7. The topological polar surface area (TPSA) is 117 Å². The highest BCUT2D eigenvalue weighted by Gasteiger charge is 2.15. The van der Waals surface area contributed by atoms with Crippen LogP contribution in [0.25, 0.3) is 0 Å². The van der Waals surface area contributed by atoms with E-state index >= 15 is 0 Å². The van der Waals surface area contributed by atoms with Gasteiger partial charge in [-0.1, -0.05) is 20.8 Å². The van der Waals surface area contributed by atoms with Crippen molar-refractivity contribution < 1.29 is 13.2 Å². The van der Waals surface area contributed by atoms with E-state index in [1.807, 2.05) is 13.8 Å². The Bertz CT molecular complexity index is 523. The van der Waals surface area contributed by atoms with Crippen LogP contribution in [-0.4, -0.2) is 48.3 Å². The number of sulfonamides is 1. The molecule has 0 unspecified atom stereocenters. The number of hydrogen-bond acceptors (Lipinski definition) is 5. The molecule has 0 aliphatic rings. The van der Waals surface area contributed by atoms with Crippen LogP contribution in [0.4, 0.5) is 0 Å². The van der Waals surface area contributed by atoms with Crippen LogP contribution in [0.2, 0.25) is 0 Å². The summed E-state index contributed by atoms with van der Waals surface area (Å²) in [4.78, 5) is 15.7. The third-order valence-electron chi connectivity index (χ3n) is 2.27. The van der Waals surface area contributed by atoms with Gasteiger partial charge < -0.3 is 5.32 Å². The molecule has 0 spiro atoms. The Hall–Kier alpha value is -1.48. The number of carbonyl (C=O) groups is 1. The van der Waals surface area contributed by atoms with E-state index in [0.29, 0.717) is 12.4 Å². The van der Waals surface area contributed by atoms with Crippen molar-refractivity contribution in [1.29, 1.82) is 0 Å². The maximum Gasteiger partial charge on any atom is 0.290 e. The van der Waals surface area contributed by atoms with E-state index in [1.54, 1.807) is 6.92 Å². The van der Waals surface area contributed by atoms with Gasteiger partial charge in [0.2, 0.25) is 15.8 Å². The van der Waals surface area contributed by atoms with Gasteiger partial charge in [0, 0.05) is 19.0 Å². The summed E-state index contributed by atoms with van der Waals surface area (Å²) < 4.78 is 25.0. The first-order valence-electron chi connectivity index (χ1n) is 6.03. The van der Waals surface area contributed by atoms with Gasteiger partial charge in [-0.3, -0.25) is 9.89 Å². The minimum Gasteiger partial charge on any atom is -0.348 e. The fraction of sp³-hybridized carbons (Fsp3) is 0.700. The molecule has 0 bridgehead atoms. The summed E-state index contributed by atoms with van der Waals surface area (Å²) in [6.45, 7) is 5.88. The third-order valence-corrected chi connectivity index (χ3v) is 3.74. The van der Waals surface area contributed by atoms with Crippen molar-refractivity contribution in [2.45, 2.75) is 26.7 Å². The molecule has 19 heavy (non-hydrogen) atoms. The Balaban J connectivity index is 2.47. The molecule has 8 nitrogen and oxygen atoms in total. The molecule has 0 atom stereocenters. The van der Waals surface area contributed by atoms with Crippen molar-refractivity contribution in [3.63, 3.8) is 0 Å². The third kappa shape index (κ3) is 4.95. The van der Waals surface area contributed by atoms with Crippen LogP contribution in [0.3, 0.4) is 0 Å². The lowest BCUT2D eigenvalue weighted by Gasteiger charge is -2.04. The lowest BCUT2D eigenvalue weighted by atomic mass is 10.2. The smallest absolute Gasteiger partial charge is 0.290 e. The van der Waals surface area contributed by atoms with Crippen LogP contribution < -0.4 is 10.0 Å². The Kier molecular flexibility index (Phi) is 5.43. The van der Waals surface area contributed by atoms with Crippen LogP contribution in [0.15, 0.2) is 0 Å². The minimum absolute atomic E-state index is 0.0136. The molecule has 0 saturated heterocycles. The Morgan fingerprint density at radius 1 is 1.42 bits per heavy atom. The van der Waals surface area contributed by atoms with E-state index < -0.39 is 15.9 Å². The lowest BCUT2D eigenvalue weighted by Crippen LogP contribution is -2.34. The van der Waals surface area contributed by atoms with Gasteiger partial charge in [0.05, 0.1) is 5.75 Å². The monoisotopic (exact) mass is 289 g/mol. The van der Waals surface area contributed by atoms with Crippen LogP contribution in [0.5, 0.6) is 0 Å². The fourth-order valence-electron chi connectivity index (χ4n) is 1.30. The summed E-state index contributed by atoms with van der Waals surface area (Å²) in [7, 11) is -3.33. The molecule has 1 rings (SSSR count). The SMILES string of the molecule is CCNS(=O)(=O)CCNC(=O)c1n[nH]c(C(C)C)n1. The molecule has 1 heterocycles. The molecule has 9 heteroatoms. The highest BCUT2D eigenvalue weighted by atomic mass is 32.2. The van der Waals surface area contributed by atoms with E-state index in [4.69, 9.17) is 0 Å². The summed E-state index contributed by atoms with van der Waals surface area (Å²) in [5.41, 5.74) is 0. The Morgan fingerprint density at radius 3 is 2.63 bits per heavy atom. The Morgan fingerprint density at radius 2 is 2.11 bits per heavy atom. The van der Waals surface area contributed by atoms with Crippen LogP contribution in [0, 0.1) is 0 Å². The fourth-order valence-corrected chi connectivity index (χ4v) is 2.26. The molecule has 1 amide bonds. The largest absolute Gasteiger partial charge is 0.348 e.